The van der Waals surface area contributed by atoms with Crippen LogP contribution in [0.5, 0.6) is 0 Å². The summed E-state index contributed by atoms with van der Waals surface area (Å²) in [7, 11) is 0. The molecule has 0 aliphatic carbocycles. The summed E-state index contributed by atoms with van der Waals surface area (Å²) in [5.41, 5.74) is 0.979. The molecule has 2 rings (SSSR count). The summed E-state index contributed by atoms with van der Waals surface area (Å²) in [4.78, 5) is 0. The summed E-state index contributed by atoms with van der Waals surface area (Å²) in [6, 6.07) is 3.27. The van der Waals surface area contributed by atoms with Gasteiger partial charge in [0, 0.05) is 5.25 Å². The molecule has 0 bridgehead atoms. The summed E-state index contributed by atoms with van der Waals surface area (Å²) in [6.45, 7) is 0. The van der Waals surface area contributed by atoms with Crippen LogP contribution >= 0.6 is 35.0 Å². The average Bonchev–Trinajstić information content (AvgIpc) is 1.96. The lowest BCUT2D eigenvalue weighted by atomic mass is 10.1. The summed E-state index contributed by atoms with van der Waals surface area (Å²) in [6.07, 6.45) is 2.14. The molecule has 1 radical (unpaired) electrons. The molecule has 1 unspecified atom stereocenters. The molecule has 1 fully saturated rings. The standard InChI is InChI=1S/C9H6Cl2FS/c10-6-3-5(8-1-2-13-8)4-7(11)9(6)12/h1,3-4,8H,2H2. The van der Waals surface area contributed by atoms with Crippen LogP contribution < -0.4 is 0 Å². The first-order valence-corrected chi connectivity index (χ1v) is 5.58. The SMILES string of the molecule is Fc1c(Cl)cc(C2[CH]CS2)cc1Cl. The zero-order chi connectivity index (χ0) is 9.42. The first-order chi connectivity index (χ1) is 6.18. The smallest absolute Gasteiger partial charge is 0.160 e. The second kappa shape index (κ2) is 3.68. The van der Waals surface area contributed by atoms with E-state index in [1.54, 1.807) is 23.9 Å². The van der Waals surface area contributed by atoms with E-state index in [-0.39, 0.29) is 10.0 Å². The average molecular weight is 236 g/mol. The van der Waals surface area contributed by atoms with Gasteiger partial charge in [0.05, 0.1) is 10.0 Å². The van der Waals surface area contributed by atoms with E-state index in [9.17, 15) is 4.39 Å². The lowest BCUT2D eigenvalue weighted by molar-refractivity contribution is 0.628. The molecule has 69 valence electrons. The maximum Gasteiger partial charge on any atom is 0.160 e. The number of thioether (sulfide) groups is 1. The minimum Gasteiger partial charge on any atom is -0.204 e. The topological polar surface area (TPSA) is 0 Å². The van der Waals surface area contributed by atoms with Crippen molar-refractivity contribution in [2.45, 2.75) is 5.25 Å². The highest BCUT2D eigenvalue weighted by Crippen LogP contribution is 2.43. The Morgan fingerprint density at radius 1 is 1.31 bits per heavy atom. The quantitative estimate of drug-likeness (QED) is 0.661. The molecule has 0 aromatic heterocycles. The molecule has 0 saturated carbocycles. The first kappa shape index (κ1) is 9.63. The van der Waals surface area contributed by atoms with Gasteiger partial charge in [0.1, 0.15) is 0 Å². The molecule has 1 atom stereocenters. The van der Waals surface area contributed by atoms with Crippen LogP contribution in [-0.2, 0) is 0 Å². The molecule has 0 amide bonds. The Morgan fingerprint density at radius 2 is 1.85 bits per heavy atom. The lowest BCUT2D eigenvalue weighted by Crippen LogP contribution is -2.08. The Hall–Kier alpha value is 0.0800. The second-order valence-corrected chi connectivity index (χ2v) is 4.78. The predicted octanol–water partition coefficient (Wildman–Crippen LogP) is 4.12. The van der Waals surface area contributed by atoms with Crippen molar-refractivity contribution in [2.24, 2.45) is 0 Å². The van der Waals surface area contributed by atoms with Crippen molar-refractivity contribution < 1.29 is 4.39 Å². The van der Waals surface area contributed by atoms with E-state index in [0.717, 1.165) is 11.3 Å². The first-order valence-electron chi connectivity index (χ1n) is 3.78. The van der Waals surface area contributed by atoms with E-state index >= 15 is 0 Å². The van der Waals surface area contributed by atoms with Gasteiger partial charge in [0.2, 0.25) is 0 Å². The van der Waals surface area contributed by atoms with Crippen molar-refractivity contribution in [3.63, 3.8) is 0 Å². The number of hydrogen-bond donors (Lipinski definition) is 0. The van der Waals surface area contributed by atoms with E-state index in [4.69, 9.17) is 23.2 Å². The molecule has 1 aromatic rings. The van der Waals surface area contributed by atoms with E-state index in [1.807, 2.05) is 0 Å². The zero-order valence-electron chi connectivity index (χ0n) is 6.56. The summed E-state index contributed by atoms with van der Waals surface area (Å²) >= 11 is 13.1. The highest BCUT2D eigenvalue weighted by molar-refractivity contribution is 8.01. The van der Waals surface area contributed by atoms with Crippen molar-refractivity contribution >= 4 is 35.0 Å². The molecule has 1 aliphatic heterocycles. The third-order valence-electron chi connectivity index (χ3n) is 1.92. The maximum atomic E-state index is 13.0. The molecule has 1 aromatic carbocycles. The molecule has 1 saturated heterocycles. The highest BCUT2D eigenvalue weighted by atomic mass is 35.5. The van der Waals surface area contributed by atoms with Gasteiger partial charge in [-0.3, -0.25) is 0 Å². The van der Waals surface area contributed by atoms with E-state index in [0.29, 0.717) is 5.25 Å². The number of benzene rings is 1. The molecule has 13 heavy (non-hydrogen) atoms. The van der Waals surface area contributed by atoms with Gasteiger partial charge in [-0.25, -0.2) is 4.39 Å². The van der Waals surface area contributed by atoms with Gasteiger partial charge < -0.3 is 0 Å². The Labute approximate surface area is 90.4 Å². The van der Waals surface area contributed by atoms with Crippen molar-refractivity contribution in [1.82, 2.24) is 0 Å². The van der Waals surface area contributed by atoms with E-state index in [2.05, 4.69) is 6.42 Å². The maximum absolute atomic E-state index is 13.0. The van der Waals surface area contributed by atoms with Crippen LogP contribution in [0.2, 0.25) is 10.0 Å². The number of rotatable bonds is 1. The Morgan fingerprint density at radius 3 is 2.23 bits per heavy atom. The second-order valence-electron chi connectivity index (χ2n) is 2.79. The van der Waals surface area contributed by atoms with Crippen LogP contribution in [0.4, 0.5) is 4.39 Å². The lowest BCUT2D eigenvalue weighted by Gasteiger charge is -2.25. The van der Waals surface area contributed by atoms with Crippen LogP contribution in [0.25, 0.3) is 0 Å². The van der Waals surface area contributed by atoms with Gasteiger partial charge in [-0.1, -0.05) is 23.2 Å². The third kappa shape index (κ3) is 1.80. The molecule has 0 nitrogen and oxygen atoms in total. The fraction of sp³-hybridized carbons (Fsp3) is 0.222. The molecule has 1 heterocycles. The van der Waals surface area contributed by atoms with Gasteiger partial charge in [-0.05, 0) is 29.9 Å². The molecule has 0 spiro atoms. The molecule has 4 heteroatoms. The van der Waals surface area contributed by atoms with Gasteiger partial charge in [-0.2, -0.15) is 11.8 Å². The molecule has 1 aliphatic rings. The van der Waals surface area contributed by atoms with Gasteiger partial charge >= 0.3 is 0 Å². The van der Waals surface area contributed by atoms with Crippen LogP contribution in [0.15, 0.2) is 12.1 Å². The van der Waals surface area contributed by atoms with Gasteiger partial charge in [0.25, 0.3) is 0 Å². The number of halogens is 3. The zero-order valence-corrected chi connectivity index (χ0v) is 8.89. The number of hydrogen-bond acceptors (Lipinski definition) is 1. The normalized spacial score (nSPS) is 21.3. The predicted molar refractivity (Wildman–Crippen MR) is 55.9 cm³/mol. The Bertz CT molecular complexity index is 313. The molecule has 0 N–H and O–H groups in total. The summed E-state index contributed by atoms with van der Waals surface area (Å²) in [5.74, 6) is 0.508. The van der Waals surface area contributed by atoms with Crippen LogP contribution in [0.1, 0.15) is 10.8 Å². The van der Waals surface area contributed by atoms with Crippen molar-refractivity contribution in [1.29, 1.82) is 0 Å². The molecular weight excluding hydrogens is 230 g/mol. The minimum absolute atomic E-state index is 0.100. The Balaban J connectivity index is 2.37. The van der Waals surface area contributed by atoms with E-state index in [1.165, 1.54) is 0 Å². The van der Waals surface area contributed by atoms with Gasteiger partial charge in [-0.15, -0.1) is 0 Å². The van der Waals surface area contributed by atoms with Crippen LogP contribution in [0.3, 0.4) is 0 Å². The van der Waals surface area contributed by atoms with Crippen LogP contribution in [0, 0.1) is 12.2 Å². The van der Waals surface area contributed by atoms with Crippen molar-refractivity contribution in [3.05, 3.63) is 40.0 Å². The Kier molecular flexibility index (Phi) is 2.72. The largest absolute Gasteiger partial charge is 0.204 e. The fourth-order valence-corrected chi connectivity index (χ4v) is 2.38. The molecular formula is C9H6Cl2FS. The summed E-state index contributed by atoms with van der Waals surface area (Å²) < 4.78 is 13.0. The van der Waals surface area contributed by atoms with Crippen molar-refractivity contribution in [3.8, 4) is 0 Å². The van der Waals surface area contributed by atoms with Gasteiger partial charge in [0.15, 0.2) is 5.82 Å². The van der Waals surface area contributed by atoms with Crippen LogP contribution in [-0.4, -0.2) is 5.75 Å². The van der Waals surface area contributed by atoms with E-state index < -0.39 is 5.82 Å². The third-order valence-corrected chi connectivity index (χ3v) is 3.68. The van der Waals surface area contributed by atoms with Crippen molar-refractivity contribution in [2.75, 3.05) is 5.75 Å². The highest BCUT2D eigenvalue weighted by Gasteiger charge is 2.22. The minimum atomic E-state index is -0.531. The summed E-state index contributed by atoms with van der Waals surface area (Å²) in [5, 5.41) is 0.530. The monoisotopic (exact) mass is 235 g/mol. The fourth-order valence-electron chi connectivity index (χ4n) is 1.16.